The average Bonchev–Trinajstić information content (AvgIpc) is 3.69. The molecule has 0 unspecified atom stereocenters. The van der Waals surface area contributed by atoms with Crippen molar-refractivity contribution in [2.45, 2.75) is 0 Å². The maximum Gasteiger partial charge on any atom is 0.188 e. The van der Waals surface area contributed by atoms with Crippen molar-refractivity contribution in [3.8, 4) is 45.8 Å². The van der Waals surface area contributed by atoms with Crippen molar-refractivity contribution < 1.29 is 0 Å². The molecule has 0 radical (unpaired) electrons. The number of benzene rings is 7. The predicted octanol–water partition coefficient (Wildman–Crippen LogP) is 11.5. The van der Waals surface area contributed by atoms with E-state index in [0.717, 1.165) is 77.2 Å². The van der Waals surface area contributed by atoms with Crippen LogP contribution in [-0.2, 0) is 0 Å². The minimum absolute atomic E-state index is 0.588. The van der Waals surface area contributed by atoms with Crippen LogP contribution in [-0.4, -0.2) is 9.13 Å². The third-order valence-corrected chi connectivity index (χ3v) is 9.60. The minimum Gasteiger partial charge on any atom is -0.309 e. The highest BCUT2D eigenvalue weighted by Gasteiger charge is 2.19. The van der Waals surface area contributed by atoms with E-state index in [1.54, 1.807) is 0 Å². The second-order valence-electron chi connectivity index (χ2n) is 12.3. The smallest absolute Gasteiger partial charge is 0.188 e. The Morgan fingerprint density at radius 1 is 0.480 bits per heavy atom. The summed E-state index contributed by atoms with van der Waals surface area (Å²) in [6.07, 6.45) is 0. The summed E-state index contributed by atoms with van der Waals surface area (Å²) in [5, 5.41) is 24.1. The van der Waals surface area contributed by atoms with Gasteiger partial charge in [0.05, 0.1) is 57.6 Å². The first kappa shape index (κ1) is 28.8. The summed E-state index contributed by atoms with van der Waals surface area (Å²) < 4.78 is 4.45. The van der Waals surface area contributed by atoms with E-state index < -0.39 is 0 Å². The third-order valence-electron chi connectivity index (χ3n) is 9.60. The summed E-state index contributed by atoms with van der Waals surface area (Å²) in [5.41, 5.74) is 11.8. The molecule has 2 aromatic heterocycles. The van der Waals surface area contributed by atoms with Gasteiger partial charge < -0.3 is 9.13 Å². The largest absolute Gasteiger partial charge is 0.309 e. The van der Waals surface area contributed by atoms with Crippen molar-refractivity contribution in [1.82, 2.24) is 9.13 Å². The number of rotatable bonds is 4. The van der Waals surface area contributed by atoms with Crippen LogP contribution in [0.2, 0.25) is 0 Å². The van der Waals surface area contributed by atoms with Crippen LogP contribution in [0.25, 0.3) is 82.1 Å². The monoisotopic (exact) mass is 635 g/mol. The Kier molecular flexibility index (Phi) is 6.56. The van der Waals surface area contributed by atoms with Crippen molar-refractivity contribution in [3.63, 3.8) is 0 Å². The van der Waals surface area contributed by atoms with E-state index >= 15 is 0 Å². The summed E-state index contributed by atoms with van der Waals surface area (Å²) in [7, 11) is 0. The van der Waals surface area contributed by atoms with E-state index in [1.165, 1.54) is 0 Å². The number of para-hydroxylation sites is 2. The van der Waals surface area contributed by atoms with Gasteiger partial charge in [0.1, 0.15) is 0 Å². The second-order valence-corrected chi connectivity index (χ2v) is 12.3. The van der Waals surface area contributed by atoms with Gasteiger partial charge in [0.15, 0.2) is 5.69 Å². The van der Waals surface area contributed by atoms with Gasteiger partial charge in [0.2, 0.25) is 0 Å². The van der Waals surface area contributed by atoms with Crippen LogP contribution in [0.3, 0.4) is 0 Å². The molecule has 50 heavy (non-hydrogen) atoms. The van der Waals surface area contributed by atoms with E-state index in [2.05, 4.69) is 98.9 Å². The molecule has 230 valence electrons. The molecule has 0 amide bonds. The number of fused-ring (bicyclic) bond motifs is 6. The van der Waals surface area contributed by atoms with Crippen molar-refractivity contribution in [2.75, 3.05) is 0 Å². The molecule has 0 aliphatic heterocycles. The molecule has 5 nitrogen and oxygen atoms in total. The van der Waals surface area contributed by atoms with Crippen LogP contribution < -0.4 is 0 Å². The number of aromatic nitrogens is 2. The van der Waals surface area contributed by atoms with Gasteiger partial charge in [-0.2, -0.15) is 10.5 Å². The summed E-state index contributed by atoms with van der Waals surface area (Å²) >= 11 is 0. The zero-order chi connectivity index (χ0) is 33.8. The molecule has 9 aromatic rings. The highest BCUT2D eigenvalue weighted by atomic mass is 15.0. The predicted molar refractivity (Wildman–Crippen MR) is 202 cm³/mol. The molecule has 0 atom stereocenters. The third kappa shape index (κ3) is 4.38. The van der Waals surface area contributed by atoms with Crippen LogP contribution in [0.5, 0.6) is 0 Å². The molecule has 0 saturated carbocycles. The van der Waals surface area contributed by atoms with Gasteiger partial charge in [-0.25, -0.2) is 4.85 Å². The molecule has 5 heteroatoms. The Bertz CT molecular complexity index is 2960. The maximum absolute atomic E-state index is 10.4. The lowest BCUT2D eigenvalue weighted by molar-refractivity contribution is 1.18. The number of hydrogen-bond donors (Lipinski definition) is 0. The molecule has 0 bridgehead atoms. The van der Waals surface area contributed by atoms with Crippen LogP contribution >= 0.6 is 0 Å². The average molecular weight is 636 g/mol. The van der Waals surface area contributed by atoms with Gasteiger partial charge in [-0.3, -0.25) is 0 Å². The molecule has 2 heterocycles. The van der Waals surface area contributed by atoms with Crippen molar-refractivity contribution in [1.29, 1.82) is 10.5 Å². The fourth-order valence-electron chi connectivity index (χ4n) is 7.39. The number of nitrogens with zero attached hydrogens (tertiary/aromatic N) is 5. The van der Waals surface area contributed by atoms with E-state index in [1.807, 2.05) is 78.9 Å². The first-order chi connectivity index (χ1) is 24.7. The summed E-state index contributed by atoms with van der Waals surface area (Å²) in [5.74, 6) is 0. The first-order valence-electron chi connectivity index (χ1n) is 16.3. The van der Waals surface area contributed by atoms with Crippen molar-refractivity contribution in [2.24, 2.45) is 0 Å². The van der Waals surface area contributed by atoms with E-state index in [4.69, 9.17) is 6.57 Å². The van der Waals surface area contributed by atoms with Gasteiger partial charge in [-0.05, 0) is 94.9 Å². The zero-order valence-corrected chi connectivity index (χ0v) is 26.7. The quantitative estimate of drug-likeness (QED) is 0.181. The van der Waals surface area contributed by atoms with Gasteiger partial charge >= 0.3 is 0 Å². The Hall–Kier alpha value is -7.39. The van der Waals surface area contributed by atoms with Crippen molar-refractivity contribution in [3.05, 3.63) is 174 Å². The van der Waals surface area contributed by atoms with Crippen LogP contribution in [0.15, 0.2) is 152 Å². The van der Waals surface area contributed by atoms with Gasteiger partial charge in [0, 0.05) is 27.4 Å². The second kappa shape index (κ2) is 11.4. The van der Waals surface area contributed by atoms with Crippen LogP contribution in [0, 0.1) is 29.2 Å². The first-order valence-corrected chi connectivity index (χ1v) is 16.3. The van der Waals surface area contributed by atoms with Gasteiger partial charge in [-0.1, -0.05) is 78.9 Å². The summed E-state index contributed by atoms with van der Waals surface area (Å²) in [6.45, 7) is 7.59. The molecule has 0 fully saturated rings. The maximum atomic E-state index is 10.4. The molecule has 9 rings (SSSR count). The van der Waals surface area contributed by atoms with Crippen molar-refractivity contribution >= 4 is 49.3 Å². The summed E-state index contributed by atoms with van der Waals surface area (Å²) in [4.78, 5) is 3.68. The van der Waals surface area contributed by atoms with Gasteiger partial charge in [0.25, 0.3) is 0 Å². The molecule has 0 aliphatic rings. The zero-order valence-electron chi connectivity index (χ0n) is 26.7. The highest BCUT2D eigenvalue weighted by Crippen LogP contribution is 2.40. The standard InChI is InChI=1S/C45H25N5/c1-48-34-19-23-43-39(26-34)37-12-3-5-14-41(37)50(43)44-15-7-10-33(28-47)45(44)32-9-6-8-31(25-32)30-17-20-35(21-18-30)49-40-13-4-2-11-36(40)38-24-29(27-46)16-22-42(38)49/h2-26H. The fourth-order valence-corrected chi connectivity index (χ4v) is 7.39. The number of nitriles is 2. The SMILES string of the molecule is [C-]#[N+]c1ccc2c(c1)c1ccccc1n2-c1cccc(C#N)c1-c1cccc(-c2ccc(-n3c4ccccc4c4cc(C#N)ccc43)cc2)c1. The molecular weight excluding hydrogens is 611 g/mol. The molecular formula is C45H25N5. The molecule has 0 aliphatic carbocycles. The molecule has 0 N–H and O–H groups in total. The lowest BCUT2D eigenvalue weighted by Crippen LogP contribution is -1.99. The fraction of sp³-hybridized carbons (Fsp3) is 0. The Labute approximate surface area is 288 Å². The molecule has 7 aromatic carbocycles. The van der Waals surface area contributed by atoms with Crippen LogP contribution in [0.1, 0.15) is 11.1 Å². The summed E-state index contributed by atoms with van der Waals surface area (Å²) in [6, 6.07) is 55.7. The van der Waals surface area contributed by atoms with E-state index in [9.17, 15) is 10.5 Å². The molecule has 0 saturated heterocycles. The Morgan fingerprint density at radius 3 is 1.86 bits per heavy atom. The lowest BCUT2D eigenvalue weighted by Gasteiger charge is -2.16. The highest BCUT2D eigenvalue weighted by molar-refractivity contribution is 6.11. The Balaban J connectivity index is 1.18. The Morgan fingerprint density at radius 2 is 1.12 bits per heavy atom. The normalized spacial score (nSPS) is 11.1. The van der Waals surface area contributed by atoms with E-state index in [-0.39, 0.29) is 0 Å². The van der Waals surface area contributed by atoms with E-state index in [0.29, 0.717) is 16.8 Å². The van der Waals surface area contributed by atoms with Gasteiger partial charge in [-0.15, -0.1) is 0 Å². The molecule has 0 spiro atoms. The van der Waals surface area contributed by atoms with Crippen LogP contribution in [0.4, 0.5) is 5.69 Å². The minimum atomic E-state index is 0.588. The topological polar surface area (TPSA) is 61.8 Å². The number of hydrogen-bond acceptors (Lipinski definition) is 2. The lowest BCUT2D eigenvalue weighted by atomic mass is 9.94.